The number of rotatable bonds is 7. The highest BCUT2D eigenvalue weighted by Gasteiger charge is 2.18. The summed E-state index contributed by atoms with van der Waals surface area (Å²) < 4.78 is 0. The largest absolute Gasteiger partial charge is 0.351 e. The molecule has 0 fully saturated rings. The molecule has 0 aliphatic rings. The minimum atomic E-state index is -0.0654. The first-order chi connectivity index (χ1) is 7.36. The number of nitrogens with zero attached hydrogens (tertiary/aromatic N) is 1. The average molecular weight is 293 g/mol. The lowest BCUT2D eigenvalue weighted by molar-refractivity contribution is -0.121. The van der Waals surface area contributed by atoms with Crippen LogP contribution in [-0.4, -0.2) is 42.3 Å². The molecule has 0 radical (unpaired) electrons. The monoisotopic (exact) mass is 292 g/mol. The van der Waals surface area contributed by atoms with Crippen LogP contribution in [0.25, 0.3) is 0 Å². The van der Waals surface area contributed by atoms with E-state index in [1.807, 2.05) is 21.0 Å². The zero-order valence-corrected chi connectivity index (χ0v) is 12.7. The number of likely N-dealkylation sites (N-methyl/N-ethyl adjacent to an activating group) is 1. The fourth-order valence-electron chi connectivity index (χ4n) is 1.67. The third-order valence-corrected chi connectivity index (χ3v) is 3.39. The van der Waals surface area contributed by atoms with E-state index in [9.17, 15) is 4.79 Å². The summed E-state index contributed by atoms with van der Waals surface area (Å²) in [6, 6.07) is 0.245. The zero-order chi connectivity index (χ0) is 12.7. The summed E-state index contributed by atoms with van der Waals surface area (Å²) in [6.45, 7) is 7.26. The third kappa shape index (κ3) is 7.23. The van der Waals surface area contributed by atoms with Gasteiger partial charge in [0.05, 0.1) is 4.83 Å². The van der Waals surface area contributed by atoms with Crippen LogP contribution in [0.3, 0.4) is 0 Å². The number of carbonyl (C=O) groups is 1. The Labute approximate surface area is 108 Å². The lowest BCUT2D eigenvalue weighted by atomic mass is 10.0. The molecule has 1 amide bonds. The first-order valence-electron chi connectivity index (χ1n) is 5.96. The van der Waals surface area contributed by atoms with Crippen molar-refractivity contribution in [1.29, 1.82) is 0 Å². The second kappa shape index (κ2) is 8.07. The highest BCUT2D eigenvalue weighted by Crippen LogP contribution is 2.09. The van der Waals surface area contributed by atoms with E-state index in [-0.39, 0.29) is 16.8 Å². The molecule has 0 rings (SSSR count). The topological polar surface area (TPSA) is 32.3 Å². The van der Waals surface area contributed by atoms with Crippen molar-refractivity contribution < 1.29 is 4.79 Å². The van der Waals surface area contributed by atoms with E-state index in [4.69, 9.17) is 0 Å². The Balaban J connectivity index is 4.24. The molecule has 0 aromatic heterocycles. The van der Waals surface area contributed by atoms with Gasteiger partial charge in [0.15, 0.2) is 0 Å². The summed E-state index contributed by atoms with van der Waals surface area (Å²) in [7, 11) is 4.07. The maximum Gasteiger partial charge on any atom is 0.234 e. The van der Waals surface area contributed by atoms with Crippen LogP contribution in [0.15, 0.2) is 0 Å². The van der Waals surface area contributed by atoms with Gasteiger partial charge in [-0.25, -0.2) is 0 Å². The van der Waals surface area contributed by atoms with E-state index >= 15 is 0 Å². The quantitative estimate of drug-likeness (QED) is 0.730. The Kier molecular flexibility index (Phi) is 8.02. The molecular formula is C12H25BrN2O. The summed E-state index contributed by atoms with van der Waals surface area (Å²) in [5, 5.41) is 3.10. The van der Waals surface area contributed by atoms with Gasteiger partial charge in [-0.15, -0.1) is 0 Å². The highest BCUT2D eigenvalue weighted by atomic mass is 79.9. The highest BCUT2D eigenvalue weighted by molar-refractivity contribution is 9.10. The van der Waals surface area contributed by atoms with Crippen LogP contribution in [0.4, 0.5) is 0 Å². The number of halogens is 1. The minimum absolute atomic E-state index is 0.0654. The van der Waals surface area contributed by atoms with Crippen LogP contribution in [-0.2, 0) is 4.79 Å². The average Bonchev–Trinajstić information content (AvgIpc) is 2.14. The van der Waals surface area contributed by atoms with Crippen LogP contribution >= 0.6 is 15.9 Å². The van der Waals surface area contributed by atoms with Crippen molar-refractivity contribution >= 4 is 21.8 Å². The molecule has 0 aliphatic heterocycles. The molecule has 3 nitrogen and oxygen atoms in total. The Morgan fingerprint density at radius 1 is 1.38 bits per heavy atom. The standard InChI is InChI=1S/C12H25BrN2O/c1-6-11(13)12(16)14-10(7-9(2)3)8-15(4)5/h9-11H,6-8H2,1-5H3,(H,14,16). The lowest BCUT2D eigenvalue weighted by Gasteiger charge is -2.24. The zero-order valence-electron chi connectivity index (χ0n) is 11.1. The van der Waals surface area contributed by atoms with E-state index in [1.165, 1.54) is 0 Å². The maximum absolute atomic E-state index is 11.8. The van der Waals surface area contributed by atoms with Gasteiger partial charge >= 0.3 is 0 Å². The summed E-state index contributed by atoms with van der Waals surface area (Å²) in [5.74, 6) is 0.704. The number of carbonyl (C=O) groups excluding carboxylic acids is 1. The number of amides is 1. The number of alkyl halides is 1. The second-order valence-corrected chi connectivity index (χ2v) is 6.08. The van der Waals surface area contributed by atoms with Crippen molar-refractivity contribution in [2.45, 2.75) is 44.5 Å². The predicted molar refractivity (Wildman–Crippen MR) is 72.9 cm³/mol. The molecule has 1 N–H and O–H groups in total. The normalized spacial score (nSPS) is 15.2. The lowest BCUT2D eigenvalue weighted by Crippen LogP contribution is -2.45. The summed E-state index contributed by atoms with van der Waals surface area (Å²) >= 11 is 3.38. The van der Waals surface area contributed by atoms with Gasteiger partial charge in [-0.05, 0) is 32.9 Å². The number of hydrogen-bond acceptors (Lipinski definition) is 2. The van der Waals surface area contributed by atoms with Crippen LogP contribution in [0, 0.1) is 5.92 Å². The van der Waals surface area contributed by atoms with Gasteiger partial charge in [-0.3, -0.25) is 4.79 Å². The van der Waals surface area contributed by atoms with E-state index in [1.54, 1.807) is 0 Å². The van der Waals surface area contributed by atoms with Gasteiger partial charge in [0.25, 0.3) is 0 Å². The van der Waals surface area contributed by atoms with Crippen LogP contribution < -0.4 is 5.32 Å². The van der Waals surface area contributed by atoms with Gasteiger partial charge in [0.1, 0.15) is 0 Å². The predicted octanol–water partition coefficient (Wildman–Crippen LogP) is 2.25. The first kappa shape index (κ1) is 15.9. The molecule has 96 valence electrons. The Morgan fingerprint density at radius 3 is 2.31 bits per heavy atom. The number of hydrogen-bond donors (Lipinski definition) is 1. The van der Waals surface area contributed by atoms with E-state index in [2.05, 4.69) is 40.0 Å². The Bertz CT molecular complexity index is 197. The van der Waals surface area contributed by atoms with Crippen molar-refractivity contribution in [1.82, 2.24) is 10.2 Å². The van der Waals surface area contributed by atoms with Crippen molar-refractivity contribution in [3.8, 4) is 0 Å². The fraction of sp³-hybridized carbons (Fsp3) is 0.917. The molecule has 0 spiro atoms. The van der Waals surface area contributed by atoms with Crippen LogP contribution in [0.2, 0.25) is 0 Å². The van der Waals surface area contributed by atoms with Gasteiger partial charge < -0.3 is 10.2 Å². The molecule has 0 heterocycles. The summed E-state index contributed by atoms with van der Waals surface area (Å²) in [4.78, 5) is 13.8. The maximum atomic E-state index is 11.8. The molecule has 0 aliphatic carbocycles. The Morgan fingerprint density at radius 2 is 1.94 bits per heavy atom. The molecule has 0 aromatic carbocycles. The van der Waals surface area contributed by atoms with Gasteiger partial charge in [-0.2, -0.15) is 0 Å². The van der Waals surface area contributed by atoms with Gasteiger partial charge in [0.2, 0.25) is 5.91 Å². The van der Waals surface area contributed by atoms with Gasteiger partial charge in [-0.1, -0.05) is 36.7 Å². The second-order valence-electron chi connectivity index (χ2n) is 4.97. The van der Waals surface area contributed by atoms with Crippen molar-refractivity contribution in [3.05, 3.63) is 0 Å². The van der Waals surface area contributed by atoms with E-state index in [0.29, 0.717) is 5.92 Å². The SMILES string of the molecule is CCC(Br)C(=O)NC(CC(C)C)CN(C)C. The van der Waals surface area contributed by atoms with E-state index in [0.717, 1.165) is 19.4 Å². The molecule has 4 heteroatoms. The third-order valence-electron chi connectivity index (χ3n) is 2.33. The van der Waals surface area contributed by atoms with Crippen molar-refractivity contribution in [3.63, 3.8) is 0 Å². The molecule has 0 aromatic rings. The fourth-order valence-corrected chi connectivity index (χ4v) is 1.80. The smallest absolute Gasteiger partial charge is 0.234 e. The molecule has 0 saturated heterocycles. The summed E-state index contributed by atoms with van der Waals surface area (Å²) in [6.07, 6.45) is 1.84. The first-order valence-corrected chi connectivity index (χ1v) is 6.87. The number of nitrogens with one attached hydrogen (secondary N) is 1. The van der Waals surface area contributed by atoms with Crippen molar-refractivity contribution in [2.24, 2.45) is 5.92 Å². The molecule has 2 unspecified atom stereocenters. The molecule has 2 atom stereocenters. The molecule has 0 bridgehead atoms. The van der Waals surface area contributed by atoms with Gasteiger partial charge in [0, 0.05) is 12.6 Å². The molecule has 16 heavy (non-hydrogen) atoms. The van der Waals surface area contributed by atoms with Crippen LogP contribution in [0.5, 0.6) is 0 Å². The van der Waals surface area contributed by atoms with Crippen molar-refractivity contribution in [2.75, 3.05) is 20.6 Å². The van der Waals surface area contributed by atoms with Crippen LogP contribution in [0.1, 0.15) is 33.6 Å². The Hall–Kier alpha value is -0.0900. The molecule has 0 saturated carbocycles. The minimum Gasteiger partial charge on any atom is -0.351 e. The summed E-state index contributed by atoms with van der Waals surface area (Å²) in [5.41, 5.74) is 0. The molecular weight excluding hydrogens is 268 g/mol. The van der Waals surface area contributed by atoms with E-state index < -0.39 is 0 Å².